The van der Waals surface area contributed by atoms with Gasteiger partial charge in [0.25, 0.3) is 0 Å². The summed E-state index contributed by atoms with van der Waals surface area (Å²) < 4.78 is 30.3. The molecule has 8 heteroatoms. The second-order valence-electron chi connectivity index (χ2n) is 7.75. The smallest absolute Gasteiger partial charge is 0.166 e. The third-order valence-electron chi connectivity index (χ3n) is 6.17. The summed E-state index contributed by atoms with van der Waals surface area (Å²) in [5.41, 5.74) is 1.60. The average Bonchev–Trinajstić information content (AvgIpc) is 3.05. The highest BCUT2D eigenvalue weighted by Crippen LogP contribution is 2.63. The van der Waals surface area contributed by atoms with E-state index in [1.165, 1.54) is 18.2 Å². The van der Waals surface area contributed by atoms with Gasteiger partial charge in [-0.2, -0.15) is 5.10 Å². The molecule has 1 saturated heterocycles. The maximum atomic E-state index is 14.6. The zero-order valence-electron chi connectivity index (χ0n) is 15.6. The van der Waals surface area contributed by atoms with Crippen LogP contribution in [0.15, 0.2) is 42.9 Å². The van der Waals surface area contributed by atoms with E-state index in [1.807, 2.05) is 25.4 Å². The number of halogens is 2. The number of benzene rings is 1. The van der Waals surface area contributed by atoms with Crippen molar-refractivity contribution in [2.75, 3.05) is 11.4 Å². The van der Waals surface area contributed by atoms with Gasteiger partial charge >= 0.3 is 0 Å². The number of hydrogen-bond donors (Lipinski definition) is 0. The Bertz CT molecular complexity index is 1270. The molecule has 1 aliphatic carbocycles. The van der Waals surface area contributed by atoms with Crippen molar-refractivity contribution in [3.8, 4) is 10.4 Å². The molecule has 2 aliphatic rings. The molecule has 2 atom stereocenters. The zero-order chi connectivity index (χ0) is 19.8. The number of hydrogen-bond acceptors (Lipinski definition) is 5. The van der Waals surface area contributed by atoms with E-state index in [4.69, 9.17) is 4.98 Å². The van der Waals surface area contributed by atoms with Gasteiger partial charge in [-0.15, -0.1) is 11.3 Å². The molecule has 0 unspecified atom stereocenters. The number of fused-ring (bicyclic) bond motifs is 2. The normalized spacial score (nSPS) is 23.0. The van der Waals surface area contributed by atoms with E-state index in [2.05, 4.69) is 15.0 Å². The van der Waals surface area contributed by atoms with Crippen LogP contribution in [0.1, 0.15) is 23.4 Å². The summed E-state index contributed by atoms with van der Waals surface area (Å²) >= 11 is 1.60. The van der Waals surface area contributed by atoms with Crippen LogP contribution in [-0.2, 0) is 5.54 Å². The first kappa shape index (κ1) is 17.0. The molecule has 0 N–H and O–H groups in total. The number of aromatic nitrogens is 4. The minimum atomic E-state index is -0.501. The third-order valence-corrected chi connectivity index (χ3v) is 7.11. The van der Waals surface area contributed by atoms with Crippen molar-refractivity contribution in [2.24, 2.45) is 5.92 Å². The monoisotopic (exact) mass is 409 g/mol. The van der Waals surface area contributed by atoms with E-state index in [9.17, 15) is 8.78 Å². The Labute approximate surface area is 169 Å². The predicted molar refractivity (Wildman–Crippen MR) is 107 cm³/mol. The van der Waals surface area contributed by atoms with Crippen molar-refractivity contribution >= 4 is 22.8 Å². The van der Waals surface area contributed by atoms with E-state index in [-0.39, 0.29) is 5.82 Å². The van der Waals surface area contributed by atoms with E-state index in [0.717, 1.165) is 46.3 Å². The van der Waals surface area contributed by atoms with Crippen molar-refractivity contribution in [3.63, 3.8) is 0 Å². The summed E-state index contributed by atoms with van der Waals surface area (Å²) in [5, 5.41) is 5.39. The first-order valence-electron chi connectivity index (χ1n) is 9.56. The number of piperidine rings is 1. The summed E-state index contributed by atoms with van der Waals surface area (Å²) in [6.07, 6.45) is 7.27. The summed E-state index contributed by atoms with van der Waals surface area (Å²) in [6.45, 7) is 2.74. The minimum Gasteiger partial charge on any atom is -0.346 e. The molecule has 6 rings (SSSR count). The van der Waals surface area contributed by atoms with Gasteiger partial charge in [-0.25, -0.2) is 23.3 Å². The molecule has 1 saturated carbocycles. The van der Waals surface area contributed by atoms with Crippen molar-refractivity contribution < 1.29 is 8.78 Å². The van der Waals surface area contributed by atoms with Gasteiger partial charge in [-0.05, 0) is 49.9 Å². The lowest BCUT2D eigenvalue weighted by Crippen LogP contribution is -2.34. The van der Waals surface area contributed by atoms with Crippen LogP contribution in [0.25, 0.3) is 16.1 Å². The van der Waals surface area contributed by atoms with E-state index >= 15 is 0 Å². The van der Waals surface area contributed by atoms with Crippen LogP contribution in [0, 0.1) is 24.5 Å². The lowest BCUT2D eigenvalue weighted by molar-refractivity contribution is 0.544. The molecular formula is C21H17F2N5S. The second kappa shape index (κ2) is 5.82. The Morgan fingerprint density at radius 1 is 1.21 bits per heavy atom. The predicted octanol–water partition coefficient (Wildman–Crippen LogP) is 4.56. The first-order valence-corrected chi connectivity index (χ1v) is 10.4. The Kier molecular flexibility index (Phi) is 3.42. The fourth-order valence-electron chi connectivity index (χ4n) is 4.77. The molecular weight excluding hydrogens is 392 g/mol. The fraction of sp³-hybridized carbons (Fsp3) is 0.286. The van der Waals surface area contributed by atoms with Crippen molar-refractivity contribution in [2.45, 2.75) is 25.3 Å². The molecule has 0 radical (unpaired) electrons. The van der Waals surface area contributed by atoms with Crippen molar-refractivity contribution in [1.82, 2.24) is 19.6 Å². The maximum Gasteiger partial charge on any atom is 0.166 e. The summed E-state index contributed by atoms with van der Waals surface area (Å²) in [4.78, 5) is 12.4. The Morgan fingerprint density at radius 3 is 2.90 bits per heavy atom. The molecule has 3 aromatic heterocycles. The highest BCUT2D eigenvalue weighted by atomic mass is 32.1. The number of nitrogens with zero attached hydrogens (tertiary/aromatic N) is 5. The Hall–Kier alpha value is -2.87. The molecule has 29 heavy (non-hydrogen) atoms. The van der Waals surface area contributed by atoms with Crippen molar-refractivity contribution in [3.05, 3.63) is 65.1 Å². The van der Waals surface area contributed by atoms with Gasteiger partial charge < -0.3 is 4.90 Å². The SMILES string of the molecule is Cc1ncc(-c2cnn3ccc(N4CC[C@H]5C[C@]54c4cc(F)ccc4F)nc23)s1. The van der Waals surface area contributed by atoms with E-state index in [0.29, 0.717) is 11.5 Å². The van der Waals surface area contributed by atoms with Crippen molar-refractivity contribution in [1.29, 1.82) is 0 Å². The molecule has 0 amide bonds. The lowest BCUT2D eigenvalue weighted by atomic mass is 10.0. The van der Waals surface area contributed by atoms with Crippen LogP contribution >= 0.6 is 11.3 Å². The van der Waals surface area contributed by atoms with Crippen LogP contribution in [0.4, 0.5) is 14.6 Å². The summed E-state index contributed by atoms with van der Waals surface area (Å²) in [5.74, 6) is 0.330. The Morgan fingerprint density at radius 2 is 2.10 bits per heavy atom. The number of thiazole rings is 1. The summed E-state index contributed by atoms with van der Waals surface area (Å²) in [6, 6.07) is 5.65. The number of aryl methyl sites for hydroxylation is 1. The zero-order valence-corrected chi connectivity index (χ0v) is 16.5. The Balaban J connectivity index is 1.47. The van der Waals surface area contributed by atoms with Gasteiger partial charge in [0.15, 0.2) is 5.65 Å². The van der Waals surface area contributed by atoms with Gasteiger partial charge in [-0.3, -0.25) is 0 Å². The molecule has 0 spiro atoms. The number of rotatable bonds is 3. The molecule has 1 aliphatic heterocycles. The van der Waals surface area contributed by atoms with E-state index < -0.39 is 11.4 Å². The number of anilines is 1. The minimum absolute atomic E-state index is 0.324. The molecule has 4 heterocycles. The molecule has 0 bridgehead atoms. The highest BCUT2D eigenvalue weighted by molar-refractivity contribution is 7.15. The third kappa shape index (κ3) is 2.38. The van der Waals surface area contributed by atoms with Crippen LogP contribution in [0.5, 0.6) is 0 Å². The van der Waals surface area contributed by atoms with Gasteiger partial charge in [-0.1, -0.05) is 0 Å². The average molecular weight is 409 g/mol. The van der Waals surface area contributed by atoms with Gasteiger partial charge in [0.2, 0.25) is 0 Å². The van der Waals surface area contributed by atoms with Gasteiger partial charge in [0.1, 0.15) is 17.5 Å². The fourth-order valence-corrected chi connectivity index (χ4v) is 5.55. The highest BCUT2D eigenvalue weighted by Gasteiger charge is 2.64. The van der Waals surface area contributed by atoms with Gasteiger partial charge in [0, 0.05) is 24.5 Å². The first-order chi connectivity index (χ1) is 14.1. The molecule has 5 nitrogen and oxygen atoms in total. The molecule has 4 aromatic rings. The van der Waals surface area contributed by atoms with Crippen LogP contribution in [-0.4, -0.2) is 26.1 Å². The van der Waals surface area contributed by atoms with Crippen LogP contribution < -0.4 is 4.90 Å². The molecule has 2 fully saturated rings. The summed E-state index contributed by atoms with van der Waals surface area (Å²) in [7, 11) is 0. The quantitative estimate of drug-likeness (QED) is 0.498. The van der Waals surface area contributed by atoms with Gasteiger partial charge in [0.05, 0.1) is 27.2 Å². The standard InChI is InChI=1S/C21H17F2N5S/c1-12-24-11-18(29-12)15-10-25-28-7-5-19(26-20(15)28)27-6-4-13-9-21(13,27)16-8-14(22)2-3-17(16)23/h2-3,5,7-8,10-11,13H,4,6,9H2,1H3/t13-,21+/m0/s1. The topological polar surface area (TPSA) is 46.3 Å². The lowest BCUT2D eigenvalue weighted by Gasteiger charge is -2.30. The van der Waals surface area contributed by atoms with Crippen LogP contribution in [0.2, 0.25) is 0 Å². The molecule has 146 valence electrons. The molecule has 1 aromatic carbocycles. The maximum absolute atomic E-state index is 14.6. The largest absolute Gasteiger partial charge is 0.346 e. The van der Waals surface area contributed by atoms with E-state index in [1.54, 1.807) is 22.0 Å². The van der Waals surface area contributed by atoms with Crippen LogP contribution in [0.3, 0.4) is 0 Å². The second-order valence-corrected chi connectivity index (χ2v) is 8.98.